The van der Waals surface area contributed by atoms with Gasteiger partial charge in [-0.15, -0.1) is 0 Å². The molecule has 0 aromatic heterocycles. The van der Waals surface area contributed by atoms with Crippen molar-refractivity contribution in [2.24, 2.45) is 0 Å². The molecule has 9 heteroatoms. The van der Waals surface area contributed by atoms with E-state index < -0.39 is 41.8 Å². The maximum Gasteiger partial charge on any atom is 0.492 e. The number of phenolic OH excluding ortho intramolecular Hbond substituents is 1. The van der Waals surface area contributed by atoms with Gasteiger partial charge in [-0.1, -0.05) is 36.4 Å². The molecule has 1 heterocycles. The van der Waals surface area contributed by atoms with Gasteiger partial charge in [0, 0.05) is 12.1 Å². The summed E-state index contributed by atoms with van der Waals surface area (Å²) in [6.07, 6.45) is 0.644. The van der Waals surface area contributed by atoms with Crippen molar-refractivity contribution in [3.63, 3.8) is 0 Å². The van der Waals surface area contributed by atoms with E-state index in [1.165, 1.54) is 12.1 Å². The molecule has 0 unspecified atom stereocenters. The molecule has 1 amide bonds. The minimum absolute atomic E-state index is 0.0833. The van der Waals surface area contributed by atoms with Crippen LogP contribution < -0.4 is 5.32 Å². The summed E-state index contributed by atoms with van der Waals surface area (Å²) in [6.45, 7) is 7.41. The SMILES string of the molecule is CC1(C)OB(C(=Cc2ccc(O)c(F)c2F)CNC(=O)OCc2ccccc2)OC1(C)C. The van der Waals surface area contributed by atoms with Gasteiger partial charge in [0.15, 0.2) is 11.6 Å². The molecule has 170 valence electrons. The Morgan fingerprint density at radius 3 is 2.31 bits per heavy atom. The highest BCUT2D eigenvalue weighted by Crippen LogP contribution is 2.39. The topological polar surface area (TPSA) is 77.0 Å². The monoisotopic (exact) mass is 445 g/mol. The van der Waals surface area contributed by atoms with Crippen molar-refractivity contribution in [3.05, 3.63) is 70.7 Å². The fourth-order valence-electron chi connectivity index (χ4n) is 3.01. The number of benzene rings is 2. The van der Waals surface area contributed by atoms with Gasteiger partial charge in [0.1, 0.15) is 6.61 Å². The fraction of sp³-hybridized carbons (Fsp3) is 0.348. The zero-order valence-electron chi connectivity index (χ0n) is 18.4. The van der Waals surface area contributed by atoms with E-state index in [-0.39, 0.29) is 18.7 Å². The summed E-state index contributed by atoms with van der Waals surface area (Å²) in [7, 11) is -0.911. The number of halogens is 2. The van der Waals surface area contributed by atoms with E-state index in [0.29, 0.717) is 5.47 Å². The molecule has 32 heavy (non-hydrogen) atoms. The molecule has 0 saturated carbocycles. The Hall–Kier alpha value is -2.91. The van der Waals surface area contributed by atoms with Crippen molar-refractivity contribution in [2.75, 3.05) is 6.54 Å². The number of aromatic hydroxyl groups is 1. The van der Waals surface area contributed by atoms with Gasteiger partial charge in [-0.3, -0.25) is 0 Å². The van der Waals surface area contributed by atoms with Crippen LogP contribution in [0.2, 0.25) is 0 Å². The molecule has 1 saturated heterocycles. The molecular formula is C23H26BF2NO5. The third-order valence-corrected chi connectivity index (χ3v) is 5.64. The van der Waals surface area contributed by atoms with Crippen LogP contribution in [0.3, 0.4) is 0 Å². The van der Waals surface area contributed by atoms with E-state index >= 15 is 0 Å². The van der Waals surface area contributed by atoms with Crippen molar-refractivity contribution in [3.8, 4) is 5.75 Å². The Balaban J connectivity index is 1.78. The highest BCUT2D eigenvalue weighted by atomic mass is 19.2. The van der Waals surface area contributed by atoms with Gasteiger partial charge in [-0.2, -0.15) is 4.39 Å². The van der Waals surface area contributed by atoms with Crippen LogP contribution in [-0.4, -0.2) is 36.1 Å². The van der Waals surface area contributed by atoms with Crippen LogP contribution in [0.15, 0.2) is 47.9 Å². The summed E-state index contributed by atoms with van der Waals surface area (Å²) in [5.74, 6) is -3.37. The highest BCUT2D eigenvalue weighted by Gasteiger charge is 2.52. The van der Waals surface area contributed by atoms with Gasteiger partial charge >= 0.3 is 13.2 Å². The van der Waals surface area contributed by atoms with Gasteiger partial charge in [0.25, 0.3) is 0 Å². The highest BCUT2D eigenvalue weighted by molar-refractivity contribution is 6.56. The molecule has 6 nitrogen and oxygen atoms in total. The first-order valence-corrected chi connectivity index (χ1v) is 10.2. The van der Waals surface area contributed by atoms with E-state index in [1.807, 2.05) is 58.0 Å². The lowest BCUT2D eigenvalue weighted by Crippen LogP contribution is -2.41. The third-order valence-electron chi connectivity index (χ3n) is 5.64. The summed E-state index contributed by atoms with van der Waals surface area (Å²) in [5.41, 5.74) is -0.299. The Morgan fingerprint density at radius 2 is 1.69 bits per heavy atom. The summed E-state index contributed by atoms with van der Waals surface area (Å²) >= 11 is 0. The number of hydrogen-bond acceptors (Lipinski definition) is 5. The Bertz CT molecular complexity index is 995. The van der Waals surface area contributed by atoms with Crippen LogP contribution in [0, 0.1) is 11.6 Å². The zero-order valence-corrected chi connectivity index (χ0v) is 18.4. The Kier molecular flexibility index (Phi) is 6.90. The normalized spacial score (nSPS) is 17.3. The molecule has 0 aliphatic carbocycles. The summed E-state index contributed by atoms with van der Waals surface area (Å²) in [5, 5.41) is 12.0. The molecule has 2 N–H and O–H groups in total. The first-order valence-electron chi connectivity index (χ1n) is 10.2. The van der Waals surface area contributed by atoms with E-state index in [0.717, 1.165) is 11.6 Å². The Morgan fingerprint density at radius 1 is 1.06 bits per heavy atom. The number of alkyl carbamates (subject to hydrolysis) is 1. The number of nitrogens with one attached hydrogen (secondary N) is 1. The molecule has 1 fully saturated rings. The minimum atomic E-state index is -1.36. The van der Waals surface area contributed by atoms with E-state index in [2.05, 4.69) is 5.32 Å². The van der Waals surface area contributed by atoms with Gasteiger partial charge < -0.3 is 24.5 Å². The molecule has 1 aliphatic heterocycles. The standard InChI is InChI=1S/C23H26BF2NO5/c1-22(2)23(3,4)32-24(31-22)17(12-16-10-11-18(28)20(26)19(16)25)13-27-21(29)30-14-15-8-6-5-7-9-15/h5-12,28H,13-14H2,1-4H3,(H,27,29). The fourth-order valence-corrected chi connectivity index (χ4v) is 3.01. The average Bonchev–Trinajstić information content (AvgIpc) is 2.97. The lowest BCUT2D eigenvalue weighted by molar-refractivity contribution is 0.00578. The number of hydrogen-bond donors (Lipinski definition) is 2. The molecular weight excluding hydrogens is 419 g/mol. The molecule has 2 aromatic carbocycles. The second kappa shape index (κ2) is 9.30. The predicted molar refractivity (Wildman–Crippen MR) is 117 cm³/mol. The van der Waals surface area contributed by atoms with Crippen LogP contribution in [-0.2, 0) is 20.7 Å². The van der Waals surface area contributed by atoms with Gasteiger partial charge in [-0.25, -0.2) is 9.18 Å². The summed E-state index contributed by atoms with van der Waals surface area (Å²) in [4.78, 5) is 12.2. The van der Waals surface area contributed by atoms with Gasteiger partial charge in [0.2, 0.25) is 5.82 Å². The third kappa shape index (κ3) is 5.28. The van der Waals surface area contributed by atoms with Crippen molar-refractivity contribution in [2.45, 2.75) is 45.5 Å². The maximum atomic E-state index is 14.3. The Labute approximate surface area is 186 Å². The van der Waals surface area contributed by atoms with E-state index in [4.69, 9.17) is 14.0 Å². The molecule has 0 spiro atoms. The quantitative estimate of drug-likeness (QED) is 0.636. The van der Waals surface area contributed by atoms with Crippen molar-refractivity contribution in [1.29, 1.82) is 0 Å². The van der Waals surface area contributed by atoms with Gasteiger partial charge in [-0.05, 0) is 50.9 Å². The predicted octanol–water partition coefficient (Wildman–Crippen LogP) is 4.61. The smallest absolute Gasteiger partial charge is 0.492 e. The second-order valence-electron chi connectivity index (χ2n) is 8.52. The largest absolute Gasteiger partial charge is 0.505 e. The average molecular weight is 445 g/mol. The van der Waals surface area contributed by atoms with Crippen LogP contribution >= 0.6 is 0 Å². The molecule has 3 rings (SSSR count). The second-order valence-corrected chi connectivity index (χ2v) is 8.52. The lowest BCUT2D eigenvalue weighted by Gasteiger charge is -2.32. The number of carbonyl (C=O) groups excluding carboxylic acids is 1. The van der Waals surface area contributed by atoms with Crippen LogP contribution in [0.5, 0.6) is 5.75 Å². The number of rotatable bonds is 6. The first kappa shape index (κ1) is 23.8. The number of ether oxygens (including phenoxy) is 1. The van der Waals surface area contributed by atoms with E-state index in [9.17, 15) is 18.7 Å². The van der Waals surface area contributed by atoms with Gasteiger partial charge in [0.05, 0.1) is 11.2 Å². The summed E-state index contributed by atoms with van der Waals surface area (Å²) in [6, 6.07) is 11.5. The first-order chi connectivity index (χ1) is 15.0. The molecule has 2 aromatic rings. The molecule has 0 bridgehead atoms. The molecule has 0 radical (unpaired) electrons. The van der Waals surface area contributed by atoms with Crippen LogP contribution in [0.4, 0.5) is 13.6 Å². The zero-order chi connectivity index (χ0) is 23.5. The molecule has 0 atom stereocenters. The minimum Gasteiger partial charge on any atom is -0.505 e. The molecule has 1 aliphatic rings. The van der Waals surface area contributed by atoms with Crippen molar-refractivity contribution in [1.82, 2.24) is 5.32 Å². The van der Waals surface area contributed by atoms with Crippen LogP contribution in [0.25, 0.3) is 6.08 Å². The van der Waals surface area contributed by atoms with E-state index in [1.54, 1.807) is 0 Å². The van der Waals surface area contributed by atoms with Crippen LogP contribution in [0.1, 0.15) is 38.8 Å². The number of phenols is 1. The maximum absolute atomic E-state index is 14.3. The summed E-state index contributed by atoms with van der Waals surface area (Å²) < 4.78 is 45.4. The van der Waals surface area contributed by atoms with Crippen molar-refractivity contribution >= 4 is 19.3 Å². The lowest BCUT2D eigenvalue weighted by atomic mass is 9.77. The van der Waals surface area contributed by atoms with Crippen molar-refractivity contribution < 1.29 is 32.7 Å². The number of amides is 1. The number of carbonyl (C=O) groups is 1.